The lowest BCUT2D eigenvalue weighted by atomic mass is 10.3. The van der Waals surface area contributed by atoms with Gasteiger partial charge < -0.3 is 10.6 Å². The number of anilines is 1. The Bertz CT molecular complexity index is 1140. The highest BCUT2D eigenvalue weighted by molar-refractivity contribution is 9.10. The maximum Gasteiger partial charge on any atom is 0.319 e. The zero-order valence-electron chi connectivity index (χ0n) is 16.7. The molecule has 0 aliphatic carbocycles. The van der Waals surface area contributed by atoms with Crippen LogP contribution in [0.1, 0.15) is 13.8 Å². The topological polar surface area (TPSA) is 109 Å². The SMILES string of the molecule is CCN(CC)S(=O)(=O)c1ccc2c(c1)nnn2CCNC(=O)Nc1ccccc1Br. The second kappa shape index (κ2) is 9.54. The molecule has 0 aliphatic rings. The molecule has 0 spiro atoms. The van der Waals surface area contributed by atoms with Gasteiger partial charge in [0.2, 0.25) is 10.0 Å². The van der Waals surface area contributed by atoms with Crippen molar-refractivity contribution in [3.8, 4) is 0 Å². The number of nitrogens with one attached hydrogen (secondary N) is 2. The van der Waals surface area contributed by atoms with E-state index >= 15 is 0 Å². The van der Waals surface area contributed by atoms with Crippen LogP contribution in [0.3, 0.4) is 0 Å². The summed E-state index contributed by atoms with van der Waals surface area (Å²) in [7, 11) is -3.56. The van der Waals surface area contributed by atoms with E-state index in [9.17, 15) is 13.2 Å². The predicted octanol–water partition coefficient (Wildman–Crippen LogP) is 3.05. The number of nitrogens with zero attached hydrogens (tertiary/aromatic N) is 4. The number of carbonyl (C=O) groups is 1. The summed E-state index contributed by atoms with van der Waals surface area (Å²) in [6.07, 6.45) is 0. The summed E-state index contributed by atoms with van der Waals surface area (Å²) in [4.78, 5) is 12.3. The molecule has 0 saturated heterocycles. The maximum absolute atomic E-state index is 12.7. The summed E-state index contributed by atoms with van der Waals surface area (Å²) >= 11 is 3.38. The van der Waals surface area contributed by atoms with E-state index in [1.165, 1.54) is 10.4 Å². The minimum Gasteiger partial charge on any atom is -0.336 e. The molecule has 9 nitrogen and oxygen atoms in total. The first-order valence-corrected chi connectivity index (χ1v) is 11.7. The molecule has 30 heavy (non-hydrogen) atoms. The Morgan fingerprint density at radius 3 is 2.60 bits per heavy atom. The van der Waals surface area contributed by atoms with Gasteiger partial charge in [0.1, 0.15) is 5.52 Å². The molecule has 1 heterocycles. The molecular weight excluding hydrogens is 472 g/mol. The Balaban J connectivity index is 1.65. The van der Waals surface area contributed by atoms with Gasteiger partial charge in [-0.2, -0.15) is 4.31 Å². The second-order valence-corrected chi connectivity index (χ2v) is 9.21. The highest BCUT2D eigenvalue weighted by atomic mass is 79.9. The fourth-order valence-corrected chi connectivity index (χ4v) is 4.86. The van der Waals surface area contributed by atoms with Crippen LogP contribution in [0.25, 0.3) is 11.0 Å². The first kappa shape index (κ1) is 22.2. The third-order valence-corrected chi connectivity index (χ3v) is 7.30. The van der Waals surface area contributed by atoms with Crippen molar-refractivity contribution in [2.75, 3.05) is 25.0 Å². The minimum absolute atomic E-state index is 0.191. The third kappa shape index (κ3) is 4.79. The van der Waals surface area contributed by atoms with Crippen molar-refractivity contribution in [3.05, 3.63) is 46.9 Å². The highest BCUT2D eigenvalue weighted by Gasteiger charge is 2.22. The molecule has 0 fully saturated rings. The Morgan fingerprint density at radius 2 is 1.90 bits per heavy atom. The van der Waals surface area contributed by atoms with Crippen LogP contribution in [0.4, 0.5) is 10.5 Å². The summed E-state index contributed by atoms with van der Waals surface area (Å²) in [5.41, 5.74) is 1.85. The number of halogens is 1. The van der Waals surface area contributed by atoms with E-state index in [0.717, 1.165) is 4.47 Å². The molecule has 160 valence electrons. The van der Waals surface area contributed by atoms with Gasteiger partial charge in [0.05, 0.1) is 22.6 Å². The molecule has 2 N–H and O–H groups in total. The van der Waals surface area contributed by atoms with Gasteiger partial charge in [-0.15, -0.1) is 5.10 Å². The van der Waals surface area contributed by atoms with Gasteiger partial charge in [0, 0.05) is 24.1 Å². The Hall–Kier alpha value is -2.50. The van der Waals surface area contributed by atoms with Crippen LogP contribution in [0.15, 0.2) is 51.8 Å². The number of urea groups is 1. The van der Waals surface area contributed by atoms with Crippen molar-refractivity contribution in [2.45, 2.75) is 25.3 Å². The normalized spacial score (nSPS) is 11.7. The molecule has 2 aromatic carbocycles. The third-order valence-electron chi connectivity index (χ3n) is 4.56. The summed E-state index contributed by atoms with van der Waals surface area (Å²) in [5, 5.41) is 13.7. The molecular formula is C19H23BrN6O3S. The van der Waals surface area contributed by atoms with Gasteiger partial charge in [-0.1, -0.05) is 31.2 Å². The lowest BCUT2D eigenvalue weighted by Gasteiger charge is -2.18. The smallest absolute Gasteiger partial charge is 0.319 e. The van der Waals surface area contributed by atoms with E-state index in [0.29, 0.717) is 42.9 Å². The van der Waals surface area contributed by atoms with Crippen LogP contribution in [0, 0.1) is 0 Å². The van der Waals surface area contributed by atoms with Crippen molar-refractivity contribution >= 4 is 48.7 Å². The number of fused-ring (bicyclic) bond motifs is 1. The number of hydrogen-bond acceptors (Lipinski definition) is 5. The largest absolute Gasteiger partial charge is 0.336 e. The van der Waals surface area contributed by atoms with E-state index in [1.54, 1.807) is 36.7 Å². The number of hydrogen-bond donors (Lipinski definition) is 2. The minimum atomic E-state index is -3.56. The standard InChI is InChI=1S/C19H23BrN6O3S/c1-3-25(4-2)30(28,29)14-9-10-18-17(13-14)23-24-26(18)12-11-21-19(27)22-16-8-6-5-7-15(16)20/h5-10,13H,3-4,11-12H2,1-2H3,(H2,21,22,27). The number of carbonyl (C=O) groups excluding carboxylic acids is 1. The van der Waals surface area contributed by atoms with Crippen LogP contribution in [-0.2, 0) is 16.6 Å². The predicted molar refractivity (Wildman–Crippen MR) is 119 cm³/mol. The van der Waals surface area contributed by atoms with Crippen molar-refractivity contribution < 1.29 is 13.2 Å². The van der Waals surface area contributed by atoms with Crippen molar-refractivity contribution in [3.63, 3.8) is 0 Å². The van der Waals surface area contributed by atoms with Gasteiger partial charge in [-0.25, -0.2) is 17.9 Å². The van der Waals surface area contributed by atoms with E-state index in [1.807, 2.05) is 18.2 Å². The number of rotatable bonds is 8. The average molecular weight is 495 g/mol. The van der Waals surface area contributed by atoms with Crippen LogP contribution in [0.5, 0.6) is 0 Å². The number of sulfonamides is 1. The van der Waals surface area contributed by atoms with E-state index in [-0.39, 0.29) is 10.9 Å². The van der Waals surface area contributed by atoms with Crippen molar-refractivity contribution in [1.29, 1.82) is 0 Å². The van der Waals surface area contributed by atoms with Crippen molar-refractivity contribution in [1.82, 2.24) is 24.6 Å². The molecule has 0 aliphatic heterocycles. The molecule has 11 heteroatoms. The first-order chi connectivity index (χ1) is 14.4. The van der Waals surface area contributed by atoms with Gasteiger partial charge in [-0.05, 0) is 46.3 Å². The summed E-state index contributed by atoms with van der Waals surface area (Å²) in [6, 6.07) is 11.8. The lowest BCUT2D eigenvalue weighted by Crippen LogP contribution is -2.31. The second-order valence-electron chi connectivity index (χ2n) is 6.41. The number of benzene rings is 2. The molecule has 2 amide bonds. The van der Waals surface area contributed by atoms with Crippen LogP contribution in [-0.4, -0.2) is 53.4 Å². The monoisotopic (exact) mass is 494 g/mol. The van der Waals surface area contributed by atoms with Gasteiger partial charge in [-0.3, -0.25) is 0 Å². The Labute approximate surface area is 183 Å². The molecule has 0 unspecified atom stereocenters. The molecule has 3 rings (SSSR count). The van der Waals surface area contributed by atoms with Gasteiger partial charge in [0.25, 0.3) is 0 Å². The Kier molecular flexibility index (Phi) is 7.06. The van der Waals surface area contributed by atoms with E-state index < -0.39 is 10.0 Å². The molecule has 1 aromatic heterocycles. The molecule has 0 saturated carbocycles. The zero-order chi connectivity index (χ0) is 21.7. The first-order valence-electron chi connectivity index (χ1n) is 9.49. The molecule has 3 aromatic rings. The summed E-state index contributed by atoms with van der Waals surface area (Å²) < 4.78 is 29.2. The molecule has 0 bridgehead atoms. The van der Waals surface area contributed by atoms with Crippen LogP contribution in [0.2, 0.25) is 0 Å². The van der Waals surface area contributed by atoms with Crippen LogP contribution < -0.4 is 10.6 Å². The lowest BCUT2D eigenvalue weighted by molar-refractivity contribution is 0.251. The summed E-state index contributed by atoms with van der Waals surface area (Å²) in [6.45, 7) is 5.12. The maximum atomic E-state index is 12.7. The summed E-state index contributed by atoms with van der Waals surface area (Å²) in [5.74, 6) is 0. The van der Waals surface area contributed by atoms with Crippen molar-refractivity contribution in [2.24, 2.45) is 0 Å². The fraction of sp³-hybridized carbons (Fsp3) is 0.316. The number of para-hydroxylation sites is 1. The number of aromatic nitrogens is 3. The molecule has 0 atom stereocenters. The highest BCUT2D eigenvalue weighted by Crippen LogP contribution is 2.21. The molecule has 0 radical (unpaired) electrons. The van der Waals surface area contributed by atoms with Gasteiger partial charge in [0.15, 0.2) is 0 Å². The Morgan fingerprint density at radius 1 is 1.17 bits per heavy atom. The average Bonchev–Trinajstić information content (AvgIpc) is 3.13. The van der Waals surface area contributed by atoms with Crippen LogP contribution >= 0.6 is 15.9 Å². The van der Waals surface area contributed by atoms with E-state index in [2.05, 4.69) is 36.9 Å². The van der Waals surface area contributed by atoms with E-state index in [4.69, 9.17) is 0 Å². The van der Waals surface area contributed by atoms with Gasteiger partial charge >= 0.3 is 6.03 Å². The quantitative estimate of drug-likeness (QED) is 0.500. The number of amides is 2. The zero-order valence-corrected chi connectivity index (χ0v) is 19.1. The fourth-order valence-electron chi connectivity index (χ4n) is 2.99.